The second-order valence-corrected chi connectivity index (χ2v) is 8.58. The Morgan fingerprint density at radius 1 is 1.00 bits per heavy atom. The van der Waals surface area contributed by atoms with Crippen molar-refractivity contribution in [3.8, 4) is 0 Å². The summed E-state index contributed by atoms with van der Waals surface area (Å²) in [5, 5.41) is 0. The molecule has 0 N–H and O–H groups in total. The predicted molar refractivity (Wildman–Crippen MR) is 104 cm³/mol. The Kier molecular flexibility index (Phi) is 5.29. The monoisotopic (exact) mass is 502 g/mol. The third kappa shape index (κ3) is 4.29. The number of alkyl halides is 3. The molecule has 2 aromatic carbocycles. The van der Waals surface area contributed by atoms with Crippen LogP contribution in [0.5, 0.6) is 0 Å². The molecule has 1 aliphatic heterocycles. The molecule has 0 amide bonds. The first-order valence-electron chi connectivity index (χ1n) is 8.07. The zero-order valence-corrected chi connectivity index (χ0v) is 17.6. The van der Waals surface area contributed by atoms with E-state index in [2.05, 4.69) is 31.9 Å². The molecule has 1 aliphatic rings. The topological polar surface area (TPSA) is 26.3 Å². The van der Waals surface area contributed by atoms with Gasteiger partial charge in [0.2, 0.25) is 0 Å². The van der Waals surface area contributed by atoms with E-state index in [0.717, 1.165) is 32.2 Å². The van der Waals surface area contributed by atoms with Crippen molar-refractivity contribution in [2.45, 2.75) is 32.0 Å². The normalized spacial score (nSPS) is 18.4. The van der Waals surface area contributed by atoms with Crippen molar-refractivity contribution in [3.63, 3.8) is 0 Å². The van der Waals surface area contributed by atoms with Crippen molar-refractivity contribution < 1.29 is 22.7 Å². The van der Waals surface area contributed by atoms with Crippen molar-refractivity contribution in [1.82, 2.24) is 0 Å². The van der Waals surface area contributed by atoms with E-state index in [1.54, 1.807) is 13.8 Å². The SMILES string of the molecule is CC1(C)OC(=O)C/C1=C(/c1ccc(C(F)(F)F)cc1)c1cc(Br)cc(Br)c1. The van der Waals surface area contributed by atoms with Crippen LogP contribution in [0.4, 0.5) is 13.2 Å². The molecule has 0 aliphatic carbocycles. The van der Waals surface area contributed by atoms with E-state index in [1.807, 2.05) is 18.2 Å². The number of cyclic esters (lactones) is 1. The van der Waals surface area contributed by atoms with Crippen LogP contribution < -0.4 is 0 Å². The first kappa shape index (κ1) is 20.1. The summed E-state index contributed by atoms with van der Waals surface area (Å²) in [4.78, 5) is 11.9. The summed E-state index contributed by atoms with van der Waals surface area (Å²) < 4.78 is 45.8. The zero-order valence-electron chi connectivity index (χ0n) is 14.5. The molecule has 0 radical (unpaired) electrons. The Morgan fingerprint density at radius 2 is 1.56 bits per heavy atom. The minimum atomic E-state index is -4.41. The summed E-state index contributed by atoms with van der Waals surface area (Å²) >= 11 is 6.88. The molecule has 3 rings (SSSR count). The molecular weight excluding hydrogens is 489 g/mol. The van der Waals surface area contributed by atoms with E-state index in [9.17, 15) is 18.0 Å². The fourth-order valence-corrected chi connectivity index (χ4v) is 4.46. The lowest BCUT2D eigenvalue weighted by atomic mass is 9.85. The first-order chi connectivity index (χ1) is 12.5. The molecule has 0 unspecified atom stereocenters. The van der Waals surface area contributed by atoms with E-state index < -0.39 is 17.3 Å². The van der Waals surface area contributed by atoms with Crippen LogP contribution >= 0.6 is 31.9 Å². The standard InChI is InChI=1S/C20H15Br2F3O2/c1-19(2)16(10-17(26)27-19)18(12-7-14(21)9-15(22)8-12)11-3-5-13(6-4-11)20(23,24)25/h3-9H,10H2,1-2H3/b18-16+. The van der Waals surface area contributed by atoms with Crippen LogP contribution in [0, 0.1) is 0 Å². The van der Waals surface area contributed by atoms with Gasteiger partial charge < -0.3 is 4.74 Å². The van der Waals surface area contributed by atoms with Crippen LogP contribution in [0.1, 0.15) is 37.0 Å². The van der Waals surface area contributed by atoms with Gasteiger partial charge in [-0.3, -0.25) is 4.79 Å². The molecular formula is C20H15Br2F3O2. The molecule has 2 aromatic rings. The number of ether oxygens (including phenoxy) is 1. The lowest BCUT2D eigenvalue weighted by Gasteiger charge is -2.23. The third-order valence-corrected chi connectivity index (χ3v) is 5.29. The quantitative estimate of drug-likeness (QED) is 0.423. The number of benzene rings is 2. The van der Waals surface area contributed by atoms with Gasteiger partial charge in [0.05, 0.1) is 12.0 Å². The Morgan fingerprint density at radius 3 is 2.00 bits per heavy atom. The number of hydrogen-bond acceptors (Lipinski definition) is 2. The molecule has 142 valence electrons. The van der Waals surface area contributed by atoms with Gasteiger partial charge in [0, 0.05) is 8.95 Å². The van der Waals surface area contributed by atoms with E-state index in [1.165, 1.54) is 12.1 Å². The van der Waals surface area contributed by atoms with Gasteiger partial charge >= 0.3 is 12.1 Å². The van der Waals surface area contributed by atoms with Gasteiger partial charge in [0.1, 0.15) is 5.60 Å². The maximum atomic E-state index is 12.9. The van der Waals surface area contributed by atoms with E-state index in [0.29, 0.717) is 11.1 Å². The second kappa shape index (κ2) is 7.09. The molecule has 1 heterocycles. The highest BCUT2D eigenvalue weighted by molar-refractivity contribution is 9.11. The molecule has 1 fully saturated rings. The van der Waals surface area contributed by atoms with Crippen molar-refractivity contribution in [2.24, 2.45) is 0 Å². The van der Waals surface area contributed by atoms with Crippen LogP contribution in [-0.2, 0) is 15.7 Å². The van der Waals surface area contributed by atoms with Gasteiger partial charge in [0.15, 0.2) is 0 Å². The van der Waals surface area contributed by atoms with Gasteiger partial charge in [-0.05, 0) is 66.5 Å². The maximum Gasteiger partial charge on any atom is 0.416 e. The summed E-state index contributed by atoms with van der Waals surface area (Å²) in [5.41, 5.74) is 1.24. The summed E-state index contributed by atoms with van der Waals surface area (Å²) in [7, 11) is 0. The Hall–Kier alpha value is -1.60. The summed E-state index contributed by atoms with van der Waals surface area (Å²) in [6, 6.07) is 10.5. The Labute approximate surface area is 171 Å². The highest BCUT2D eigenvalue weighted by Crippen LogP contribution is 2.42. The van der Waals surface area contributed by atoms with Crippen LogP contribution in [0.15, 0.2) is 57.0 Å². The number of esters is 1. The van der Waals surface area contributed by atoms with Gasteiger partial charge in [-0.15, -0.1) is 0 Å². The Balaban J connectivity index is 2.24. The van der Waals surface area contributed by atoms with Crippen LogP contribution in [0.25, 0.3) is 5.57 Å². The van der Waals surface area contributed by atoms with Crippen LogP contribution in [0.3, 0.4) is 0 Å². The van der Waals surface area contributed by atoms with E-state index >= 15 is 0 Å². The molecule has 27 heavy (non-hydrogen) atoms. The molecule has 1 saturated heterocycles. The largest absolute Gasteiger partial charge is 0.455 e. The number of hydrogen-bond donors (Lipinski definition) is 0. The number of carbonyl (C=O) groups excluding carboxylic acids is 1. The highest BCUT2D eigenvalue weighted by atomic mass is 79.9. The molecule has 7 heteroatoms. The Bertz CT molecular complexity index is 909. The number of halogens is 5. The lowest BCUT2D eigenvalue weighted by molar-refractivity contribution is -0.145. The minimum Gasteiger partial charge on any atom is -0.455 e. The summed E-state index contributed by atoms with van der Waals surface area (Å²) in [5.74, 6) is -0.353. The highest BCUT2D eigenvalue weighted by Gasteiger charge is 2.39. The van der Waals surface area contributed by atoms with Crippen molar-refractivity contribution in [3.05, 3.63) is 73.7 Å². The predicted octanol–water partition coefficient (Wildman–Crippen LogP) is 6.76. The minimum absolute atomic E-state index is 0.0908. The zero-order chi connectivity index (χ0) is 20.0. The van der Waals surface area contributed by atoms with Gasteiger partial charge in [-0.1, -0.05) is 44.0 Å². The maximum absolute atomic E-state index is 12.9. The molecule has 0 bridgehead atoms. The van der Waals surface area contributed by atoms with Gasteiger partial charge in [0.25, 0.3) is 0 Å². The van der Waals surface area contributed by atoms with E-state index in [-0.39, 0.29) is 12.4 Å². The third-order valence-electron chi connectivity index (χ3n) is 4.37. The molecule has 2 nitrogen and oxygen atoms in total. The van der Waals surface area contributed by atoms with Crippen molar-refractivity contribution in [1.29, 1.82) is 0 Å². The second-order valence-electron chi connectivity index (χ2n) is 6.75. The van der Waals surface area contributed by atoms with Crippen LogP contribution in [0.2, 0.25) is 0 Å². The lowest BCUT2D eigenvalue weighted by Crippen LogP contribution is -2.21. The molecule has 0 spiro atoms. The number of carbonyl (C=O) groups is 1. The van der Waals surface area contributed by atoms with Crippen molar-refractivity contribution >= 4 is 43.4 Å². The van der Waals surface area contributed by atoms with Crippen molar-refractivity contribution in [2.75, 3.05) is 0 Å². The fourth-order valence-electron chi connectivity index (χ4n) is 3.17. The van der Waals surface area contributed by atoms with E-state index in [4.69, 9.17) is 4.74 Å². The molecule has 0 atom stereocenters. The number of rotatable bonds is 2. The molecule has 0 aromatic heterocycles. The van der Waals surface area contributed by atoms with Crippen LogP contribution in [-0.4, -0.2) is 11.6 Å². The fraction of sp³-hybridized carbons (Fsp3) is 0.250. The first-order valence-corrected chi connectivity index (χ1v) is 9.65. The molecule has 0 saturated carbocycles. The average Bonchev–Trinajstić information content (AvgIpc) is 2.79. The summed E-state index contributed by atoms with van der Waals surface area (Å²) in [6.07, 6.45) is -4.32. The summed E-state index contributed by atoms with van der Waals surface area (Å²) in [6.45, 7) is 3.56. The average molecular weight is 504 g/mol. The van der Waals surface area contributed by atoms with Gasteiger partial charge in [-0.2, -0.15) is 13.2 Å². The van der Waals surface area contributed by atoms with Gasteiger partial charge in [-0.25, -0.2) is 0 Å². The smallest absolute Gasteiger partial charge is 0.416 e.